The largest absolute Gasteiger partial charge is 0.464 e. The van der Waals surface area contributed by atoms with Gasteiger partial charge in [-0.1, -0.05) is 6.92 Å². The smallest absolute Gasteiger partial charge is 0.358 e. The third-order valence-electron chi connectivity index (χ3n) is 2.92. The van der Waals surface area contributed by atoms with Crippen molar-refractivity contribution < 1.29 is 14.6 Å². The molecule has 0 saturated carbocycles. The van der Waals surface area contributed by atoms with Crippen LogP contribution in [0.1, 0.15) is 37.2 Å². The molecular weight excluding hydrogens is 234 g/mol. The van der Waals surface area contributed by atoms with Crippen LogP contribution in [0, 0.1) is 0 Å². The standard InChI is InChI=1S/C12H19N3O3/c1-4-12(2,5-6-16)15-10-8-13-9(7-14-10)11(17)18-3/h7-8,16H,4-6H2,1-3H3,(H,14,15). The fraction of sp³-hybridized carbons (Fsp3) is 0.583. The number of rotatable bonds is 6. The second-order valence-corrected chi connectivity index (χ2v) is 4.29. The summed E-state index contributed by atoms with van der Waals surface area (Å²) in [7, 11) is 1.30. The average Bonchev–Trinajstić information content (AvgIpc) is 2.39. The summed E-state index contributed by atoms with van der Waals surface area (Å²) in [4.78, 5) is 19.3. The second-order valence-electron chi connectivity index (χ2n) is 4.29. The Morgan fingerprint density at radius 3 is 2.67 bits per heavy atom. The van der Waals surface area contributed by atoms with Crippen molar-refractivity contribution in [3.8, 4) is 0 Å². The van der Waals surface area contributed by atoms with Crippen LogP contribution in [0.4, 0.5) is 5.82 Å². The average molecular weight is 253 g/mol. The number of carbonyl (C=O) groups is 1. The molecule has 0 radical (unpaired) electrons. The van der Waals surface area contributed by atoms with Gasteiger partial charge in [0.1, 0.15) is 5.82 Å². The number of aromatic nitrogens is 2. The number of ether oxygens (including phenoxy) is 1. The minimum Gasteiger partial charge on any atom is -0.464 e. The normalized spacial score (nSPS) is 13.8. The van der Waals surface area contributed by atoms with Gasteiger partial charge < -0.3 is 15.2 Å². The summed E-state index contributed by atoms with van der Waals surface area (Å²) in [6.07, 6.45) is 4.30. The Labute approximate surface area is 106 Å². The molecule has 1 unspecified atom stereocenters. The molecule has 18 heavy (non-hydrogen) atoms. The molecule has 0 aliphatic carbocycles. The van der Waals surface area contributed by atoms with E-state index in [1.165, 1.54) is 19.5 Å². The van der Waals surface area contributed by atoms with E-state index in [0.717, 1.165) is 6.42 Å². The summed E-state index contributed by atoms with van der Waals surface area (Å²) in [6, 6.07) is 0. The number of hydrogen-bond donors (Lipinski definition) is 2. The first-order valence-electron chi connectivity index (χ1n) is 5.84. The van der Waals surface area contributed by atoms with Gasteiger partial charge in [-0.2, -0.15) is 0 Å². The molecule has 0 spiro atoms. The molecule has 1 aromatic heterocycles. The fourth-order valence-electron chi connectivity index (χ4n) is 1.49. The number of nitrogens with zero attached hydrogens (tertiary/aromatic N) is 2. The zero-order valence-electron chi connectivity index (χ0n) is 10.9. The fourth-order valence-corrected chi connectivity index (χ4v) is 1.49. The van der Waals surface area contributed by atoms with E-state index in [1.54, 1.807) is 0 Å². The molecule has 0 bridgehead atoms. The number of hydrogen-bond acceptors (Lipinski definition) is 6. The molecule has 1 heterocycles. The molecule has 1 rings (SSSR count). The molecule has 0 amide bonds. The first-order valence-corrected chi connectivity index (χ1v) is 5.84. The van der Waals surface area contributed by atoms with Crippen molar-refractivity contribution in [3.05, 3.63) is 18.1 Å². The number of methoxy groups -OCH3 is 1. The summed E-state index contributed by atoms with van der Waals surface area (Å²) >= 11 is 0. The van der Waals surface area contributed by atoms with E-state index in [2.05, 4.69) is 20.0 Å². The molecule has 0 fully saturated rings. The van der Waals surface area contributed by atoms with Crippen LogP contribution in [0.15, 0.2) is 12.4 Å². The van der Waals surface area contributed by atoms with Gasteiger partial charge in [0.25, 0.3) is 0 Å². The maximum Gasteiger partial charge on any atom is 0.358 e. The van der Waals surface area contributed by atoms with E-state index < -0.39 is 5.97 Å². The molecule has 100 valence electrons. The van der Waals surface area contributed by atoms with Crippen LogP contribution < -0.4 is 5.32 Å². The minimum atomic E-state index is -0.511. The number of esters is 1. The molecule has 0 saturated heterocycles. The highest BCUT2D eigenvalue weighted by Crippen LogP contribution is 2.19. The summed E-state index contributed by atoms with van der Waals surface area (Å²) in [6.45, 7) is 4.13. The Kier molecular flexibility index (Phi) is 5.03. The zero-order valence-corrected chi connectivity index (χ0v) is 10.9. The maximum absolute atomic E-state index is 11.2. The number of anilines is 1. The quantitative estimate of drug-likeness (QED) is 0.742. The predicted octanol–water partition coefficient (Wildman–Crippen LogP) is 1.23. The highest BCUT2D eigenvalue weighted by Gasteiger charge is 2.21. The van der Waals surface area contributed by atoms with E-state index in [0.29, 0.717) is 12.2 Å². The highest BCUT2D eigenvalue weighted by atomic mass is 16.5. The molecule has 0 aliphatic rings. The topological polar surface area (TPSA) is 84.3 Å². The number of aliphatic hydroxyl groups is 1. The van der Waals surface area contributed by atoms with Crippen molar-refractivity contribution in [1.82, 2.24) is 9.97 Å². The van der Waals surface area contributed by atoms with Gasteiger partial charge in [0, 0.05) is 12.1 Å². The van der Waals surface area contributed by atoms with Crippen LogP contribution in [-0.2, 0) is 4.74 Å². The van der Waals surface area contributed by atoms with Gasteiger partial charge in [-0.05, 0) is 19.8 Å². The molecular formula is C12H19N3O3. The Bertz CT molecular complexity index is 394. The van der Waals surface area contributed by atoms with E-state index in [1.807, 2.05) is 13.8 Å². The summed E-state index contributed by atoms with van der Waals surface area (Å²) in [5.41, 5.74) is -0.0700. The van der Waals surface area contributed by atoms with Gasteiger partial charge in [-0.25, -0.2) is 14.8 Å². The van der Waals surface area contributed by atoms with Crippen LogP contribution in [0.5, 0.6) is 0 Å². The Morgan fingerprint density at radius 1 is 1.50 bits per heavy atom. The molecule has 1 atom stereocenters. The highest BCUT2D eigenvalue weighted by molar-refractivity contribution is 5.86. The van der Waals surface area contributed by atoms with Gasteiger partial charge in [0.15, 0.2) is 5.69 Å². The van der Waals surface area contributed by atoms with Crippen LogP contribution in [0.25, 0.3) is 0 Å². The van der Waals surface area contributed by atoms with Crippen molar-refractivity contribution in [2.45, 2.75) is 32.2 Å². The lowest BCUT2D eigenvalue weighted by molar-refractivity contribution is 0.0593. The number of carbonyl (C=O) groups excluding carboxylic acids is 1. The molecule has 1 aromatic rings. The first-order chi connectivity index (χ1) is 8.54. The predicted molar refractivity (Wildman–Crippen MR) is 67.4 cm³/mol. The van der Waals surface area contributed by atoms with Crippen LogP contribution >= 0.6 is 0 Å². The van der Waals surface area contributed by atoms with Gasteiger partial charge in [-0.3, -0.25) is 0 Å². The molecule has 6 nitrogen and oxygen atoms in total. The summed E-state index contributed by atoms with van der Waals surface area (Å²) in [5, 5.41) is 12.2. The number of nitrogens with one attached hydrogen (secondary N) is 1. The third-order valence-corrected chi connectivity index (χ3v) is 2.92. The first kappa shape index (κ1) is 14.4. The van der Waals surface area contributed by atoms with E-state index >= 15 is 0 Å². The summed E-state index contributed by atoms with van der Waals surface area (Å²) < 4.78 is 4.54. The molecule has 0 aliphatic heterocycles. The van der Waals surface area contributed by atoms with Gasteiger partial charge in [0.2, 0.25) is 0 Å². The van der Waals surface area contributed by atoms with Gasteiger partial charge in [0.05, 0.1) is 19.5 Å². The minimum absolute atomic E-state index is 0.102. The van der Waals surface area contributed by atoms with Crippen molar-refractivity contribution in [2.24, 2.45) is 0 Å². The Morgan fingerprint density at radius 2 is 2.22 bits per heavy atom. The SMILES string of the molecule is CCC(C)(CCO)Nc1cnc(C(=O)OC)cn1. The van der Waals surface area contributed by atoms with Crippen LogP contribution in [0.2, 0.25) is 0 Å². The Balaban J connectivity index is 2.76. The van der Waals surface area contributed by atoms with Crippen molar-refractivity contribution in [3.63, 3.8) is 0 Å². The van der Waals surface area contributed by atoms with Crippen molar-refractivity contribution >= 4 is 11.8 Å². The zero-order chi connectivity index (χ0) is 13.6. The molecule has 0 aromatic carbocycles. The lowest BCUT2D eigenvalue weighted by Gasteiger charge is -2.29. The monoisotopic (exact) mass is 253 g/mol. The van der Waals surface area contributed by atoms with Gasteiger partial charge >= 0.3 is 5.97 Å². The maximum atomic E-state index is 11.2. The lowest BCUT2D eigenvalue weighted by atomic mass is 9.95. The van der Waals surface area contributed by atoms with E-state index in [4.69, 9.17) is 5.11 Å². The van der Waals surface area contributed by atoms with Crippen LogP contribution in [-0.4, -0.2) is 40.3 Å². The van der Waals surface area contributed by atoms with Crippen molar-refractivity contribution in [2.75, 3.05) is 19.0 Å². The third kappa shape index (κ3) is 3.66. The summed E-state index contributed by atoms with van der Waals surface area (Å²) in [5.74, 6) is 0.0584. The van der Waals surface area contributed by atoms with Gasteiger partial charge in [-0.15, -0.1) is 0 Å². The van der Waals surface area contributed by atoms with E-state index in [9.17, 15) is 4.79 Å². The number of aliphatic hydroxyl groups excluding tert-OH is 1. The Hall–Kier alpha value is -1.69. The second kappa shape index (κ2) is 6.30. The lowest BCUT2D eigenvalue weighted by Crippen LogP contribution is -2.35. The van der Waals surface area contributed by atoms with Crippen molar-refractivity contribution in [1.29, 1.82) is 0 Å². The van der Waals surface area contributed by atoms with Crippen LogP contribution in [0.3, 0.4) is 0 Å². The molecule has 2 N–H and O–H groups in total. The van der Waals surface area contributed by atoms with E-state index in [-0.39, 0.29) is 17.8 Å². The molecule has 6 heteroatoms.